The number of piperazine rings is 1. The van der Waals surface area contributed by atoms with Crippen molar-refractivity contribution in [3.05, 3.63) is 102 Å². The molecule has 0 N–H and O–H groups in total. The standard InChI is InChI=1S/C31H35FN4O2/c1-34(16-5-17-35-18-20-36(21-19-35)28-12-10-27(32)11-13-28)23-30-22-31(33-38-30)26-8-14-29(15-9-26)37-24-25-6-3-2-4-7-25/h2-4,6-15,22H,5,16-21,23-24H2,1H3. The molecule has 1 saturated heterocycles. The van der Waals surface area contributed by atoms with E-state index in [9.17, 15) is 4.39 Å². The second-order valence-corrected chi connectivity index (χ2v) is 9.87. The lowest BCUT2D eigenvalue weighted by molar-refractivity contribution is 0.223. The van der Waals surface area contributed by atoms with Gasteiger partial charge in [-0.05, 0) is 80.7 Å². The minimum Gasteiger partial charge on any atom is -0.489 e. The Balaban J connectivity index is 1.02. The predicted octanol–water partition coefficient (Wildman–Crippen LogP) is 5.70. The first kappa shape index (κ1) is 25.9. The van der Waals surface area contributed by atoms with E-state index in [-0.39, 0.29) is 5.82 Å². The monoisotopic (exact) mass is 514 g/mol. The molecule has 1 fully saturated rings. The van der Waals surface area contributed by atoms with Gasteiger partial charge in [-0.3, -0.25) is 9.80 Å². The Morgan fingerprint density at radius 1 is 0.921 bits per heavy atom. The highest BCUT2D eigenvalue weighted by Crippen LogP contribution is 2.23. The van der Waals surface area contributed by atoms with Crippen molar-refractivity contribution in [2.75, 3.05) is 51.2 Å². The van der Waals surface area contributed by atoms with Crippen LogP contribution < -0.4 is 9.64 Å². The van der Waals surface area contributed by atoms with Crippen molar-refractivity contribution in [2.45, 2.75) is 19.6 Å². The number of rotatable bonds is 11. The molecule has 0 spiro atoms. The van der Waals surface area contributed by atoms with E-state index in [0.717, 1.165) is 86.3 Å². The number of halogens is 1. The van der Waals surface area contributed by atoms with Crippen molar-refractivity contribution in [2.24, 2.45) is 0 Å². The van der Waals surface area contributed by atoms with Gasteiger partial charge in [0, 0.05) is 43.5 Å². The number of ether oxygens (including phenoxy) is 1. The number of benzene rings is 3. The van der Waals surface area contributed by atoms with E-state index >= 15 is 0 Å². The number of aromatic nitrogens is 1. The molecule has 0 atom stereocenters. The molecule has 0 radical (unpaired) electrons. The third-order valence-corrected chi connectivity index (χ3v) is 6.96. The Labute approximate surface area is 224 Å². The average molecular weight is 515 g/mol. The van der Waals surface area contributed by atoms with Crippen LogP contribution in [0.15, 0.2) is 89.5 Å². The third kappa shape index (κ3) is 7.21. The third-order valence-electron chi connectivity index (χ3n) is 6.96. The van der Waals surface area contributed by atoms with Gasteiger partial charge in [-0.25, -0.2) is 4.39 Å². The minimum absolute atomic E-state index is 0.183. The molecular weight excluding hydrogens is 479 g/mol. The molecule has 38 heavy (non-hydrogen) atoms. The lowest BCUT2D eigenvalue weighted by Crippen LogP contribution is -2.47. The van der Waals surface area contributed by atoms with Crippen molar-refractivity contribution < 1.29 is 13.7 Å². The van der Waals surface area contributed by atoms with Gasteiger partial charge in [0.25, 0.3) is 0 Å². The summed E-state index contributed by atoms with van der Waals surface area (Å²) < 4.78 is 24.7. The molecular formula is C31H35FN4O2. The SMILES string of the molecule is CN(CCCN1CCN(c2ccc(F)cc2)CC1)Cc1cc(-c2ccc(OCc3ccccc3)cc2)no1. The van der Waals surface area contributed by atoms with Crippen LogP contribution in [0.3, 0.4) is 0 Å². The summed E-state index contributed by atoms with van der Waals surface area (Å²) in [5.74, 6) is 1.51. The van der Waals surface area contributed by atoms with Gasteiger partial charge in [-0.1, -0.05) is 35.5 Å². The van der Waals surface area contributed by atoms with Gasteiger partial charge in [-0.2, -0.15) is 0 Å². The Kier molecular flexibility index (Phi) is 8.68. The van der Waals surface area contributed by atoms with E-state index in [4.69, 9.17) is 9.26 Å². The number of hydrogen-bond acceptors (Lipinski definition) is 6. The van der Waals surface area contributed by atoms with E-state index in [1.165, 1.54) is 12.1 Å². The Hall–Kier alpha value is -3.68. The first-order valence-electron chi connectivity index (χ1n) is 13.3. The van der Waals surface area contributed by atoms with Crippen molar-refractivity contribution in [1.29, 1.82) is 0 Å². The summed E-state index contributed by atoms with van der Waals surface area (Å²) in [7, 11) is 2.12. The van der Waals surface area contributed by atoms with Crippen LogP contribution in [0.1, 0.15) is 17.7 Å². The van der Waals surface area contributed by atoms with Crippen molar-refractivity contribution in [3.8, 4) is 17.0 Å². The number of hydrogen-bond donors (Lipinski definition) is 0. The number of nitrogens with zero attached hydrogens (tertiary/aromatic N) is 4. The van der Waals surface area contributed by atoms with Gasteiger partial charge >= 0.3 is 0 Å². The molecule has 198 valence electrons. The molecule has 0 aliphatic carbocycles. The maximum Gasteiger partial charge on any atom is 0.151 e. The maximum atomic E-state index is 13.2. The fourth-order valence-corrected chi connectivity index (χ4v) is 4.78. The molecule has 1 aliphatic rings. The quantitative estimate of drug-likeness (QED) is 0.256. The smallest absolute Gasteiger partial charge is 0.151 e. The van der Waals surface area contributed by atoms with Crippen LogP contribution in [0.4, 0.5) is 10.1 Å². The molecule has 6 nitrogen and oxygen atoms in total. The van der Waals surface area contributed by atoms with E-state index in [1.807, 2.05) is 60.7 Å². The van der Waals surface area contributed by atoms with Crippen LogP contribution in [0.5, 0.6) is 5.75 Å². The van der Waals surface area contributed by atoms with Crippen LogP contribution in [0, 0.1) is 5.82 Å². The molecule has 5 rings (SSSR count). The first-order valence-corrected chi connectivity index (χ1v) is 13.3. The van der Waals surface area contributed by atoms with Crippen LogP contribution in [0.25, 0.3) is 11.3 Å². The molecule has 2 heterocycles. The van der Waals surface area contributed by atoms with E-state index < -0.39 is 0 Å². The zero-order chi connectivity index (χ0) is 26.2. The van der Waals surface area contributed by atoms with Gasteiger partial charge < -0.3 is 14.2 Å². The molecule has 4 aromatic rings. The van der Waals surface area contributed by atoms with Crippen LogP contribution in [-0.4, -0.2) is 61.3 Å². The molecule has 0 amide bonds. The molecule has 1 aromatic heterocycles. The topological polar surface area (TPSA) is 45.0 Å². The zero-order valence-electron chi connectivity index (χ0n) is 21.9. The molecule has 0 bridgehead atoms. The predicted molar refractivity (Wildman–Crippen MR) is 149 cm³/mol. The van der Waals surface area contributed by atoms with Gasteiger partial charge in [-0.15, -0.1) is 0 Å². The second kappa shape index (κ2) is 12.7. The molecule has 0 unspecified atom stereocenters. The highest BCUT2D eigenvalue weighted by molar-refractivity contribution is 5.59. The van der Waals surface area contributed by atoms with Gasteiger partial charge in [0.15, 0.2) is 5.76 Å². The summed E-state index contributed by atoms with van der Waals surface area (Å²) in [5.41, 5.74) is 4.09. The summed E-state index contributed by atoms with van der Waals surface area (Å²) in [4.78, 5) is 7.11. The maximum absolute atomic E-state index is 13.2. The second-order valence-electron chi connectivity index (χ2n) is 9.87. The highest BCUT2D eigenvalue weighted by Gasteiger charge is 2.17. The summed E-state index contributed by atoms with van der Waals surface area (Å²) in [6.07, 6.45) is 1.10. The largest absolute Gasteiger partial charge is 0.489 e. The summed E-state index contributed by atoms with van der Waals surface area (Å²) in [6, 6.07) is 26.9. The molecule has 3 aromatic carbocycles. The van der Waals surface area contributed by atoms with E-state index in [0.29, 0.717) is 6.61 Å². The Bertz CT molecular complexity index is 1250. The average Bonchev–Trinajstić information content (AvgIpc) is 3.42. The van der Waals surface area contributed by atoms with E-state index in [2.05, 4.69) is 39.0 Å². The van der Waals surface area contributed by atoms with Crippen molar-refractivity contribution in [3.63, 3.8) is 0 Å². The highest BCUT2D eigenvalue weighted by atomic mass is 19.1. The molecule has 1 aliphatic heterocycles. The fourth-order valence-electron chi connectivity index (χ4n) is 4.78. The van der Waals surface area contributed by atoms with Crippen molar-refractivity contribution in [1.82, 2.24) is 15.0 Å². The Morgan fingerprint density at radius 2 is 1.66 bits per heavy atom. The van der Waals surface area contributed by atoms with Gasteiger partial charge in [0.05, 0.1) is 6.54 Å². The lowest BCUT2D eigenvalue weighted by Gasteiger charge is -2.36. The molecule has 0 saturated carbocycles. The van der Waals surface area contributed by atoms with Crippen LogP contribution in [0.2, 0.25) is 0 Å². The Morgan fingerprint density at radius 3 is 2.39 bits per heavy atom. The van der Waals surface area contributed by atoms with Gasteiger partial charge in [0.1, 0.15) is 23.9 Å². The zero-order valence-corrected chi connectivity index (χ0v) is 21.9. The lowest BCUT2D eigenvalue weighted by atomic mass is 10.1. The normalized spacial score (nSPS) is 14.2. The fraction of sp³-hybridized carbons (Fsp3) is 0.323. The molecule has 7 heteroatoms. The van der Waals surface area contributed by atoms with Crippen LogP contribution >= 0.6 is 0 Å². The van der Waals surface area contributed by atoms with Gasteiger partial charge in [0.2, 0.25) is 0 Å². The van der Waals surface area contributed by atoms with Crippen LogP contribution in [-0.2, 0) is 13.2 Å². The number of anilines is 1. The summed E-state index contributed by atoms with van der Waals surface area (Å²) in [5, 5.41) is 4.28. The minimum atomic E-state index is -0.183. The van der Waals surface area contributed by atoms with Crippen molar-refractivity contribution >= 4 is 5.69 Å². The van der Waals surface area contributed by atoms with E-state index in [1.54, 1.807) is 0 Å². The first-order chi connectivity index (χ1) is 18.6. The summed E-state index contributed by atoms with van der Waals surface area (Å²) in [6.45, 7) is 7.34. The summed E-state index contributed by atoms with van der Waals surface area (Å²) >= 11 is 0.